The topological polar surface area (TPSA) is 95.3 Å². The highest BCUT2D eigenvalue weighted by molar-refractivity contribution is 5.89. The summed E-state index contributed by atoms with van der Waals surface area (Å²) in [7, 11) is 3.09. The standard InChI is InChI=1S/C22H24N4O4/c1-15-6-4-7-19(23-15)24-20(27)8-5-13-26-21(28)14-18(30-3)22(25-26)16-9-11-17(29-2)12-10-16/h4,6-7,9-12,14H,5,8,13H2,1-3H3,(H,23,24,27). The van der Waals surface area contributed by atoms with Crippen molar-refractivity contribution in [2.24, 2.45) is 0 Å². The Kier molecular flexibility index (Phi) is 6.79. The van der Waals surface area contributed by atoms with Gasteiger partial charge in [-0.3, -0.25) is 9.59 Å². The minimum atomic E-state index is -0.287. The van der Waals surface area contributed by atoms with Crippen LogP contribution in [0.4, 0.5) is 5.82 Å². The van der Waals surface area contributed by atoms with E-state index in [-0.39, 0.29) is 17.9 Å². The summed E-state index contributed by atoms with van der Waals surface area (Å²) in [5, 5.41) is 7.22. The first-order chi connectivity index (χ1) is 14.5. The first-order valence-corrected chi connectivity index (χ1v) is 9.54. The predicted octanol–water partition coefficient (Wildman–Crippen LogP) is 3.05. The van der Waals surface area contributed by atoms with Gasteiger partial charge in [0.1, 0.15) is 17.3 Å². The number of carbonyl (C=O) groups excluding carboxylic acids is 1. The van der Waals surface area contributed by atoms with Gasteiger partial charge in [-0.1, -0.05) is 6.07 Å². The first-order valence-electron chi connectivity index (χ1n) is 9.54. The second-order valence-electron chi connectivity index (χ2n) is 6.67. The van der Waals surface area contributed by atoms with Crippen LogP contribution in [0.3, 0.4) is 0 Å². The Bertz CT molecular complexity index is 1080. The van der Waals surface area contributed by atoms with E-state index in [1.165, 1.54) is 17.9 Å². The third-order valence-corrected chi connectivity index (χ3v) is 4.48. The van der Waals surface area contributed by atoms with Gasteiger partial charge in [0.15, 0.2) is 5.75 Å². The average molecular weight is 408 g/mol. The maximum atomic E-state index is 12.4. The highest BCUT2D eigenvalue weighted by atomic mass is 16.5. The molecule has 0 saturated carbocycles. The van der Waals surface area contributed by atoms with Crippen LogP contribution >= 0.6 is 0 Å². The van der Waals surface area contributed by atoms with Gasteiger partial charge in [0.05, 0.1) is 14.2 Å². The quantitative estimate of drug-likeness (QED) is 0.616. The molecule has 8 heteroatoms. The van der Waals surface area contributed by atoms with Crippen LogP contribution in [-0.2, 0) is 11.3 Å². The number of hydrogen-bond donors (Lipinski definition) is 1. The number of methoxy groups -OCH3 is 2. The Labute approximate surface area is 174 Å². The van der Waals surface area contributed by atoms with E-state index in [2.05, 4.69) is 15.4 Å². The summed E-state index contributed by atoms with van der Waals surface area (Å²) in [6.07, 6.45) is 0.701. The van der Waals surface area contributed by atoms with Crippen molar-refractivity contribution in [2.45, 2.75) is 26.3 Å². The molecule has 1 aromatic carbocycles. The van der Waals surface area contributed by atoms with Gasteiger partial charge in [0.25, 0.3) is 5.56 Å². The zero-order valence-electron chi connectivity index (χ0n) is 17.2. The minimum Gasteiger partial charge on any atom is -0.497 e. The van der Waals surface area contributed by atoms with Gasteiger partial charge in [-0.25, -0.2) is 9.67 Å². The van der Waals surface area contributed by atoms with Crippen molar-refractivity contribution < 1.29 is 14.3 Å². The van der Waals surface area contributed by atoms with Gasteiger partial charge in [0.2, 0.25) is 5.91 Å². The van der Waals surface area contributed by atoms with Crippen molar-refractivity contribution in [1.82, 2.24) is 14.8 Å². The number of anilines is 1. The Morgan fingerprint density at radius 2 is 1.87 bits per heavy atom. The molecule has 0 radical (unpaired) electrons. The van der Waals surface area contributed by atoms with Gasteiger partial charge in [-0.2, -0.15) is 5.10 Å². The Hall–Kier alpha value is -3.68. The van der Waals surface area contributed by atoms with Gasteiger partial charge in [-0.05, 0) is 49.7 Å². The summed E-state index contributed by atoms with van der Waals surface area (Å²) in [6, 6.07) is 14.2. The second-order valence-corrected chi connectivity index (χ2v) is 6.67. The fourth-order valence-electron chi connectivity index (χ4n) is 2.95. The second kappa shape index (κ2) is 9.69. The van der Waals surface area contributed by atoms with Crippen molar-refractivity contribution in [3.63, 3.8) is 0 Å². The molecule has 0 fully saturated rings. The van der Waals surface area contributed by atoms with Crippen molar-refractivity contribution in [1.29, 1.82) is 0 Å². The van der Waals surface area contributed by atoms with Crippen LogP contribution in [0.2, 0.25) is 0 Å². The SMILES string of the molecule is COc1ccc(-c2nn(CCCC(=O)Nc3cccc(C)n3)c(=O)cc2OC)cc1. The molecule has 2 heterocycles. The fraction of sp³-hybridized carbons (Fsp3) is 0.273. The zero-order chi connectivity index (χ0) is 21.5. The van der Waals surface area contributed by atoms with Crippen LogP contribution in [0.5, 0.6) is 11.5 Å². The number of aryl methyl sites for hydroxylation is 2. The summed E-state index contributed by atoms with van der Waals surface area (Å²) in [4.78, 5) is 28.8. The van der Waals surface area contributed by atoms with E-state index in [1.54, 1.807) is 13.2 Å². The van der Waals surface area contributed by atoms with Crippen molar-refractivity contribution >= 4 is 11.7 Å². The number of pyridine rings is 1. The van der Waals surface area contributed by atoms with Crippen molar-refractivity contribution in [2.75, 3.05) is 19.5 Å². The third kappa shape index (κ3) is 5.22. The number of carbonyl (C=O) groups is 1. The highest BCUT2D eigenvalue weighted by Crippen LogP contribution is 2.27. The van der Waals surface area contributed by atoms with Crippen molar-refractivity contribution in [3.05, 3.63) is 64.6 Å². The lowest BCUT2D eigenvalue weighted by Gasteiger charge is -2.12. The summed E-state index contributed by atoms with van der Waals surface area (Å²) in [6.45, 7) is 2.17. The Morgan fingerprint density at radius 1 is 1.10 bits per heavy atom. The summed E-state index contributed by atoms with van der Waals surface area (Å²) < 4.78 is 11.9. The predicted molar refractivity (Wildman–Crippen MR) is 114 cm³/mol. The lowest BCUT2D eigenvalue weighted by molar-refractivity contribution is -0.116. The minimum absolute atomic E-state index is 0.162. The molecular weight excluding hydrogens is 384 g/mol. The zero-order valence-corrected chi connectivity index (χ0v) is 17.2. The lowest BCUT2D eigenvalue weighted by Crippen LogP contribution is -2.24. The van der Waals surface area contributed by atoms with Gasteiger partial charge >= 0.3 is 0 Å². The molecule has 8 nitrogen and oxygen atoms in total. The lowest BCUT2D eigenvalue weighted by atomic mass is 10.1. The van der Waals surface area contributed by atoms with E-state index >= 15 is 0 Å². The van der Waals surface area contributed by atoms with Crippen LogP contribution in [0, 0.1) is 6.92 Å². The smallest absolute Gasteiger partial charge is 0.270 e. The molecule has 0 spiro atoms. The van der Waals surface area contributed by atoms with E-state index in [0.717, 1.165) is 17.0 Å². The molecule has 156 valence electrons. The number of aromatic nitrogens is 3. The number of hydrogen-bond acceptors (Lipinski definition) is 6. The molecule has 1 amide bonds. The van der Waals surface area contributed by atoms with E-state index in [9.17, 15) is 9.59 Å². The summed E-state index contributed by atoms with van der Waals surface area (Å²) in [5.41, 5.74) is 1.88. The van der Waals surface area contributed by atoms with Gasteiger partial charge < -0.3 is 14.8 Å². The number of rotatable bonds is 8. The number of nitrogens with zero attached hydrogens (tertiary/aromatic N) is 3. The van der Waals surface area contributed by atoms with Crippen LogP contribution in [-0.4, -0.2) is 34.9 Å². The first kappa shape index (κ1) is 21.0. The molecule has 0 aliphatic heterocycles. The molecule has 0 atom stereocenters. The average Bonchev–Trinajstić information content (AvgIpc) is 2.74. The molecule has 3 aromatic rings. The highest BCUT2D eigenvalue weighted by Gasteiger charge is 2.13. The normalized spacial score (nSPS) is 10.5. The summed E-state index contributed by atoms with van der Waals surface area (Å²) in [5.74, 6) is 1.47. The molecule has 3 rings (SSSR count). The number of ether oxygens (including phenoxy) is 2. The van der Waals surface area contributed by atoms with E-state index in [1.807, 2.05) is 43.3 Å². The van der Waals surface area contributed by atoms with Crippen molar-refractivity contribution in [3.8, 4) is 22.8 Å². The van der Waals surface area contributed by atoms with Crippen LogP contribution in [0.1, 0.15) is 18.5 Å². The molecule has 2 aromatic heterocycles. The van der Waals surface area contributed by atoms with Crippen LogP contribution in [0.15, 0.2) is 53.3 Å². The maximum absolute atomic E-state index is 12.4. The Balaban J connectivity index is 1.69. The molecule has 0 aliphatic rings. The largest absolute Gasteiger partial charge is 0.497 e. The van der Waals surface area contributed by atoms with Crippen LogP contribution < -0.4 is 20.3 Å². The molecule has 0 unspecified atom stereocenters. The number of benzene rings is 1. The molecule has 30 heavy (non-hydrogen) atoms. The fourth-order valence-corrected chi connectivity index (χ4v) is 2.95. The number of amides is 1. The number of nitrogens with one attached hydrogen (secondary N) is 1. The van der Waals surface area contributed by atoms with Gasteiger partial charge in [0, 0.05) is 30.3 Å². The van der Waals surface area contributed by atoms with E-state index < -0.39 is 0 Å². The molecule has 0 saturated heterocycles. The third-order valence-electron chi connectivity index (χ3n) is 4.48. The molecule has 1 N–H and O–H groups in total. The molecule has 0 bridgehead atoms. The maximum Gasteiger partial charge on any atom is 0.270 e. The summed E-state index contributed by atoms with van der Waals surface area (Å²) >= 11 is 0. The Morgan fingerprint density at radius 3 is 2.53 bits per heavy atom. The molecular formula is C22H24N4O4. The van der Waals surface area contributed by atoms with Crippen LogP contribution in [0.25, 0.3) is 11.3 Å². The van der Waals surface area contributed by atoms with E-state index in [4.69, 9.17) is 9.47 Å². The molecule has 0 aliphatic carbocycles. The van der Waals surface area contributed by atoms with Gasteiger partial charge in [-0.15, -0.1) is 0 Å². The van der Waals surface area contributed by atoms with E-state index in [0.29, 0.717) is 30.2 Å². The monoisotopic (exact) mass is 408 g/mol.